The summed E-state index contributed by atoms with van der Waals surface area (Å²) in [6.45, 7) is 1.68. The van der Waals surface area contributed by atoms with Crippen molar-refractivity contribution < 1.29 is 9.72 Å². The number of hydrogen-bond acceptors (Lipinski definition) is 3. The standard InChI is InChI=1S/C14H11IN2O3/c1-9-12(15)7-11(8-13(9)17(19)20)16-14(18)10-5-3-2-4-6-10/h2-8H,1H3,(H,16,18). The van der Waals surface area contributed by atoms with E-state index in [1.54, 1.807) is 37.3 Å². The van der Waals surface area contributed by atoms with Crippen molar-refractivity contribution in [2.45, 2.75) is 6.92 Å². The zero-order chi connectivity index (χ0) is 14.7. The Kier molecular flexibility index (Phi) is 4.33. The average molecular weight is 382 g/mol. The number of amides is 1. The summed E-state index contributed by atoms with van der Waals surface area (Å²) in [6, 6.07) is 11.8. The molecule has 0 unspecified atom stereocenters. The third-order valence-electron chi connectivity index (χ3n) is 2.81. The van der Waals surface area contributed by atoms with Crippen LogP contribution in [-0.2, 0) is 0 Å². The lowest BCUT2D eigenvalue weighted by atomic mass is 10.1. The van der Waals surface area contributed by atoms with Gasteiger partial charge >= 0.3 is 0 Å². The molecule has 0 aliphatic heterocycles. The first-order chi connectivity index (χ1) is 9.49. The molecule has 2 aromatic carbocycles. The zero-order valence-corrected chi connectivity index (χ0v) is 12.7. The van der Waals surface area contributed by atoms with Crippen molar-refractivity contribution in [3.05, 3.63) is 67.3 Å². The van der Waals surface area contributed by atoms with Gasteiger partial charge in [0.15, 0.2) is 0 Å². The van der Waals surface area contributed by atoms with Gasteiger partial charge < -0.3 is 5.32 Å². The Morgan fingerprint density at radius 1 is 1.25 bits per heavy atom. The topological polar surface area (TPSA) is 72.2 Å². The lowest BCUT2D eigenvalue weighted by Crippen LogP contribution is -2.12. The number of carbonyl (C=O) groups is 1. The van der Waals surface area contributed by atoms with Crippen molar-refractivity contribution in [1.29, 1.82) is 0 Å². The third kappa shape index (κ3) is 3.13. The molecule has 0 aromatic heterocycles. The molecule has 1 N–H and O–H groups in total. The number of nitro groups is 1. The third-order valence-corrected chi connectivity index (χ3v) is 3.93. The van der Waals surface area contributed by atoms with Crippen LogP contribution in [0.15, 0.2) is 42.5 Å². The van der Waals surface area contributed by atoms with E-state index >= 15 is 0 Å². The maximum absolute atomic E-state index is 12.0. The molecule has 0 bridgehead atoms. The van der Waals surface area contributed by atoms with E-state index in [0.717, 1.165) is 3.57 Å². The normalized spacial score (nSPS) is 10.1. The molecular weight excluding hydrogens is 371 g/mol. The van der Waals surface area contributed by atoms with Gasteiger partial charge in [0.05, 0.1) is 4.92 Å². The summed E-state index contributed by atoms with van der Waals surface area (Å²) in [6.07, 6.45) is 0. The Labute approximate surface area is 129 Å². The molecule has 0 aliphatic carbocycles. The van der Waals surface area contributed by atoms with Crippen LogP contribution in [-0.4, -0.2) is 10.8 Å². The fraction of sp³-hybridized carbons (Fsp3) is 0.0714. The molecule has 0 aliphatic rings. The van der Waals surface area contributed by atoms with E-state index in [1.807, 2.05) is 28.7 Å². The van der Waals surface area contributed by atoms with Crippen LogP contribution < -0.4 is 5.32 Å². The maximum Gasteiger partial charge on any atom is 0.275 e. The number of rotatable bonds is 3. The molecule has 0 heterocycles. The fourth-order valence-corrected chi connectivity index (χ4v) is 2.33. The van der Waals surface area contributed by atoms with Crippen molar-refractivity contribution in [1.82, 2.24) is 0 Å². The van der Waals surface area contributed by atoms with E-state index in [9.17, 15) is 14.9 Å². The molecule has 102 valence electrons. The van der Waals surface area contributed by atoms with E-state index in [0.29, 0.717) is 16.8 Å². The van der Waals surface area contributed by atoms with E-state index < -0.39 is 4.92 Å². The second-order valence-corrected chi connectivity index (χ2v) is 5.34. The molecule has 0 saturated carbocycles. The highest BCUT2D eigenvalue weighted by molar-refractivity contribution is 14.1. The fourth-order valence-electron chi connectivity index (χ4n) is 1.72. The average Bonchev–Trinajstić information content (AvgIpc) is 2.43. The minimum Gasteiger partial charge on any atom is -0.322 e. The Morgan fingerprint density at radius 2 is 1.90 bits per heavy atom. The summed E-state index contributed by atoms with van der Waals surface area (Å²) in [5.74, 6) is -0.292. The molecule has 2 aromatic rings. The van der Waals surface area contributed by atoms with Crippen LogP contribution in [0.4, 0.5) is 11.4 Å². The molecular formula is C14H11IN2O3. The second kappa shape index (κ2) is 6.00. The van der Waals surface area contributed by atoms with Gasteiger partial charge in [0.1, 0.15) is 0 Å². The Balaban J connectivity index is 2.31. The van der Waals surface area contributed by atoms with Crippen LogP contribution in [0.2, 0.25) is 0 Å². The summed E-state index contributed by atoms with van der Waals surface area (Å²) in [4.78, 5) is 22.5. The minimum atomic E-state index is -0.449. The van der Waals surface area contributed by atoms with Crippen molar-refractivity contribution in [3.63, 3.8) is 0 Å². The molecule has 1 amide bonds. The van der Waals surface area contributed by atoms with Gasteiger partial charge in [-0.25, -0.2) is 0 Å². The van der Waals surface area contributed by atoms with Crippen molar-refractivity contribution in [2.24, 2.45) is 0 Å². The highest BCUT2D eigenvalue weighted by Crippen LogP contribution is 2.27. The first-order valence-electron chi connectivity index (χ1n) is 5.80. The second-order valence-electron chi connectivity index (χ2n) is 4.18. The number of halogens is 1. The quantitative estimate of drug-likeness (QED) is 0.499. The van der Waals surface area contributed by atoms with Crippen LogP contribution in [0, 0.1) is 20.6 Å². The lowest BCUT2D eigenvalue weighted by molar-refractivity contribution is -0.385. The summed E-state index contributed by atoms with van der Waals surface area (Å²) < 4.78 is 0.736. The van der Waals surface area contributed by atoms with Gasteiger partial charge in [-0.2, -0.15) is 0 Å². The summed E-state index contributed by atoms with van der Waals surface area (Å²) in [5.41, 5.74) is 1.51. The number of anilines is 1. The molecule has 0 saturated heterocycles. The molecule has 2 rings (SSSR count). The number of nitrogens with zero attached hydrogens (tertiary/aromatic N) is 1. The van der Waals surface area contributed by atoms with Gasteiger partial charge in [-0.05, 0) is 47.7 Å². The number of nitrogens with one attached hydrogen (secondary N) is 1. The van der Waals surface area contributed by atoms with Gasteiger partial charge in [0, 0.05) is 26.5 Å². The Hall–Kier alpha value is -1.96. The molecule has 6 heteroatoms. The smallest absolute Gasteiger partial charge is 0.275 e. The van der Waals surface area contributed by atoms with Gasteiger partial charge in [0.2, 0.25) is 0 Å². The van der Waals surface area contributed by atoms with Crippen molar-refractivity contribution >= 4 is 39.9 Å². The predicted molar refractivity (Wildman–Crippen MR) is 84.9 cm³/mol. The molecule has 0 atom stereocenters. The van der Waals surface area contributed by atoms with Gasteiger partial charge in [-0.3, -0.25) is 14.9 Å². The Bertz CT molecular complexity index is 672. The summed E-state index contributed by atoms with van der Waals surface area (Å²) in [7, 11) is 0. The van der Waals surface area contributed by atoms with E-state index in [2.05, 4.69) is 5.32 Å². The molecule has 0 fully saturated rings. The molecule has 0 spiro atoms. The first kappa shape index (κ1) is 14.4. The summed E-state index contributed by atoms with van der Waals surface area (Å²) in [5, 5.41) is 13.6. The highest BCUT2D eigenvalue weighted by Gasteiger charge is 2.16. The first-order valence-corrected chi connectivity index (χ1v) is 6.88. The number of hydrogen-bond donors (Lipinski definition) is 1. The largest absolute Gasteiger partial charge is 0.322 e. The van der Waals surface area contributed by atoms with Gasteiger partial charge in [0.25, 0.3) is 11.6 Å². The van der Waals surface area contributed by atoms with E-state index in [1.165, 1.54) is 6.07 Å². The molecule has 5 nitrogen and oxygen atoms in total. The number of carbonyl (C=O) groups excluding carboxylic acids is 1. The zero-order valence-electron chi connectivity index (χ0n) is 10.6. The predicted octanol–water partition coefficient (Wildman–Crippen LogP) is 3.76. The number of nitro benzene ring substituents is 1. The van der Waals surface area contributed by atoms with Crippen LogP contribution in [0.5, 0.6) is 0 Å². The Morgan fingerprint density at radius 3 is 2.50 bits per heavy atom. The van der Waals surface area contributed by atoms with Gasteiger partial charge in [-0.1, -0.05) is 18.2 Å². The van der Waals surface area contributed by atoms with Gasteiger partial charge in [-0.15, -0.1) is 0 Å². The molecule has 0 radical (unpaired) electrons. The maximum atomic E-state index is 12.0. The SMILES string of the molecule is Cc1c(I)cc(NC(=O)c2ccccc2)cc1[N+](=O)[O-]. The summed E-state index contributed by atoms with van der Waals surface area (Å²) >= 11 is 2.01. The van der Waals surface area contributed by atoms with E-state index in [-0.39, 0.29) is 11.6 Å². The van der Waals surface area contributed by atoms with Crippen LogP contribution in [0.1, 0.15) is 15.9 Å². The van der Waals surface area contributed by atoms with Crippen LogP contribution in [0.3, 0.4) is 0 Å². The highest BCUT2D eigenvalue weighted by atomic mass is 127. The van der Waals surface area contributed by atoms with Crippen molar-refractivity contribution in [3.8, 4) is 0 Å². The minimum absolute atomic E-state index is 0.000242. The number of benzene rings is 2. The van der Waals surface area contributed by atoms with Crippen LogP contribution in [0.25, 0.3) is 0 Å². The molecule has 20 heavy (non-hydrogen) atoms. The lowest BCUT2D eigenvalue weighted by Gasteiger charge is -2.08. The monoisotopic (exact) mass is 382 g/mol. The van der Waals surface area contributed by atoms with Crippen molar-refractivity contribution in [2.75, 3.05) is 5.32 Å². The van der Waals surface area contributed by atoms with Crippen LogP contribution >= 0.6 is 22.6 Å². The van der Waals surface area contributed by atoms with E-state index in [4.69, 9.17) is 0 Å².